The first-order valence-electron chi connectivity index (χ1n) is 5.49. The Morgan fingerprint density at radius 2 is 2.00 bits per heavy atom. The Hall–Kier alpha value is -2.16. The minimum atomic E-state index is -0.166. The molecule has 0 atom stereocenters. The first-order valence-corrected chi connectivity index (χ1v) is 5.49. The molecule has 0 aromatic heterocycles. The van der Waals surface area contributed by atoms with Crippen LogP contribution in [-0.4, -0.2) is 11.7 Å². The van der Waals surface area contributed by atoms with Crippen molar-refractivity contribution in [2.45, 2.75) is 13.3 Å². The van der Waals surface area contributed by atoms with Gasteiger partial charge < -0.3 is 5.32 Å². The molecule has 3 nitrogen and oxygen atoms in total. The van der Waals surface area contributed by atoms with Gasteiger partial charge in [-0.25, -0.2) is 0 Å². The summed E-state index contributed by atoms with van der Waals surface area (Å²) in [6.45, 7) is 5.44. The summed E-state index contributed by atoms with van der Waals surface area (Å²) in [5, 5.41) is 2.65. The number of hydrogen-bond donors (Lipinski definition) is 1. The van der Waals surface area contributed by atoms with Crippen LogP contribution in [-0.2, 0) is 4.79 Å². The molecule has 0 radical (unpaired) electrons. The zero-order valence-electron chi connectivity index (χ0n) is 9.62. The van der Waals surface area contributed by atoms with E-state index in [1.54, 1.807) is 19.1 Å². The fraction of sp³-hybridized carbons (Fsp3) is 0.143. The van der Waals surface area contributed by atoms with Gasteiger partial charge in [0, 0.05) is 17.6 Å². The summed E-state index contributed by atoms with van der Waals surface area (Å²) in [4.78, 5) is 23.5. The topological polar surface area (TPSA) is 46.2 Å². The molecule has 1 aliphatic rings. The number of carbonyl (C=O) groups is 2. The Morgan fingerprint density at radius 3 is 2.59 bits per heavy atom. The van der Waals surface area contributed by atoms with Crippen molar-refractivity contribution >= 4 is 17.3 Å². The maximum Gasteiger partial charge on any atom is 0.224 e. The molecule has 1 aromatic rings. The molecule has 1 N–H and O–H groups in total. The zero-order valence-corrected chi connectivity index (χ0v) is 9.62. The summed E-state index contributed by atoms with van der Waals surface area (Å²) in [7, 11) is 0. The molecule has 1 aromatic carbocycles. The van der Waals surface area contributed by atoms with E-state index in [4.69, 9.17) is 0 Å². The molecule has 1 aliphatic carbocycles. The van der Waals surface area contributed by atoms with Gasteiger partial charge in [-0.1, -0.05) is 43.8 Å². The molecule has 2 rings (SSSR count). The van der Waals surface area contributed by atoms with Crippen LogP contribution in [0, 0.1) is 0 Å². The first kappa shape index (κ1) is 11.3. The predicted molar refractivity (Wildman–Crippen MR) is 66.3 cm³/mol. The van der Waals surface area contributed by atoms with Crippen LogP contribution in [0.1, 0.15) is 29.3 Å². The van der Waals surface area contributed by atoms with Crippen LogP contribution in [0.25, 0.3) is 5.57 Å². The van der Waals surface area contributed by atoms with Gasteiger partial charge in [0.05, 0.1) is 5.70 Å². The largest absolute Gasteiger partial charge is 0.322 e. The molecule has 0 aliphatic heterocycles. The number of nitrogens with one attached hydrogen (secondary N) is 1. The molecular weight excluding hydrogens is 214 g/mol. The summed E-state index contributed by atoms with van der Waals surface area (Å²) in [6, 6.07) is 7.28. The molecule has 0 saturated carbocycles. The number of allylic oxidation sites excluding steroid dienone is 3. The van der Waals surface area contributed by atoms with Crippen molar-refractivity contribution in [2.24, 2.45) is 0 Å². The Morgan fingerprint density at radius 1 is 1.35 bits per heavy atom. The van der Waals surface area contributed by atoms with Crippen molar-refractivity contribution in [1.82, 2.24) is 5.32 Å². The van der Waals surface area contributed by atoms with Gasteiger partial charge in [-0.05, 0) is 5.56 Å². The van der Waals surface area contributed by atoms with Crippen molar-refractivity contribution in [3.8, 4) is 0 Å². The van der Waals surface area contributed by atoms with Gasteiger partial charge in [0.15, 0.2) is 0 Å². The minimum absolute atomic E-state index is 0.141. The number of rotatable bonds is 3. The van der Waals surface area contributed by atoms with Crippen LogP contribution < -0.4 is 5.32 Å². The molecular formula is C14H13NO2. The molecule has 17 heavy (non-hydrogen) atoms. The van der Waals surface area contributed by atoms with Gasteiger partial charge in [-0.2, -0.15) is 0 Å². The predicted octanol–water partition coefficient (Wildman–Crippen LogP) is 2.31. The van der Waals surface area contributed by atoms with E-state index in [9.17, 15) is 9.59 Å². The maximum absolute atomic E-state index is 12.1. The number of hydrogen-bond acceptors (Lipinski definition) is 2. The molecule has 0 spiro atoms. The van der Waals surface area contributed by atoms with Crippen molar-refractivity contribution < 1.29 is 9.59 Å². The standard InChI is InChI=1S/C14H13NO2/c1-3-9-10-7-5-6-8-11(10)14(17)13(9)15-12(16)4-2/h3,5-8H,1,4H2,2H3,(H,15,16,17). The highest BCUT2D eigenvalue weighted by Gasteiger charge is 2.28. The van der Waals surface area contributed by atoms with Crippen molar-refractivity contribution in [1.29, 1.82) is 0 Å². The fourth-order valence-corrected chi connectivity index (χ4v) is 1.87. The van der Waals surface area contributed by atoms with Crippen LogP contribution in [0.15, 0.2) is 42.6 Å². The number of benzene rings is 1. The Kier molecular flexibility index (Phi) is 2.91. The Bertz CT molecular complexity index is 541. The van der Waals surface area contributed by atoms with Crippen molar-refractivity contribution in [3.05, 3.63) is 53.7 Å². The van der Waals surface area contributed by atoms with E-state index in [-0.39, 0.29) is 11.7 Å². The summed E-state index contributed by atoms with van der Waals surface area (Å²) >= 11 is 0. The summed E-state index contributed by atoms with van der Waals surface area (Å²) < 4.78 is 0. The van der Waals surface area contributed by atoms with Crippen LogP contribution in [0.3, 0.4) is 0 Å². The fourth-order valence-electron chi connectivity index (χ4n) is 1.87. The summed E-state index contributed by atoms with van der Waals surface area (Å²) in [5.74, 6) is -0.308. The molecule has 0 unspecified atom stereocenters. The van der Waals surface area contributed by atoms with E-state index < -0.39 is 0 Å². The minimum Gasteiger partial charge on any atom is -0.322 e. The van der Waals surface area contributed by atoms with Gasteiger partial charge >= 0.3 is 0 Å². The lowest BCUT2D eigenvalue weighted by atomic mass is 10.1. The van der Waals surface area contributed by atoms with Gasteiger partial charge in [-0.3, -0.25) is 9.59 Å². The van der Waals surface area contributed by atoms with E-state index >= 15 is 0 Å². The molecule has 0 heterocycles. The number of carbonyl (C=O) groups excluding carboxylic acids is 2. The average Bonchev–Trinajstić information content (AvgIpc) is 2.63. The third kappa shape index (κ3) is 1.80. The third-order valence-corrected chi connectivity index (χ3v) is 2.75. The normalized spacial score (nSPS) is 13.6. The van der Waals surface area contributed by atoms with E-state index in [0.29, 0.717) is 23.3 Å². The van der Waals surface area contributed by atoms with Gasteiger partial charge in [0.2, 0.25) is 11.7 Å². The van der Waals surface area contributed by atoms with Crippen molar-refractivity contribution in [2.75, 3.05) is 0 Å². The lowest BCUT2D eigenvalue weighted by Crippen LogP contribution is -2.25. The Labute approximate surface area is 99.8 Å². The molecule has 0 fully saturated rings. The number of Topliss-reactive ketones (excluding diaryl/α,β-unsaturated/α-hetero) is 1. The van der Waals surface area contributed by atoms with Crippen LogP contribution in [0.2, 0.25) is 0 Å². The maximum atomic E-state index is 12.1. The molecule has 0 saturated heterocycles. The second kappa shape index (κ2) is 4.37. The zero-order chi connectivity index (χ0) is 12.4. The lowest BCUT2D eigenvalue weighted by Gasteiger charge is -2.04. The summed E-state index contributed by atoms with van der Waals surface area (Å²) in [5.41, 5.74) is 2.49. The third-order valence-electron chi connectivity index (χ3n) is 2.75. The van der Waals surface area contributed by atoms with Crippen LogP contribution in [0.4, 0.5) is 0 Å². The Balaban J connectivity index is 2.49. The highest BCUT2D eigenvalue weighted by molar-refractivity contribution is 6.22. The smallest absolute Gasteiger partial charge is 0.224 e. The van der Waals surface area contributed by atoms with Gasteiger partial charge in [-0.15, -0.1) is 0 Å². The molecule has 0 bridgehead atoms. The SMILES string of the molecule is C=CC1=C(NC(=O)CC)C(=O)c2ccccc21. The number of ketones is 1. The van der Waals surface area contributed by atoms with Crippen molar-refractivity contribution in [3.63, 3.8) is 0 Å². The molecule has 86 valence electrons. The second-order valence-corrected chi connectivity index (χ2v) is 3.77. The first-order chi connectivity index (χ1) is 8.19. The average molecular weight is 227 g/mol. The van der Waals surface area contributed by atoms with Crippen LogP contribution >= 0.6 is 0 Å². The number of amides is 1. The van der Waals surface area contributed by atoms with Crippen LogP contribution in [0.5, 0.6) is 0 Å². The monoisotopic (exact) mass is 227 g/mol. The highest BCUT2D eigenvalue weighted by Crippen LogP contribution is 2.31. The molecule has 3 heteroatoms. The van der Waals surface area contributed by atoms with E-state index in [0.717, 1.165) is 5.56 Å². The highest BCUT2D eigenvalue weighted by atomic mass is 16.2. The van der Waals surface area contributed by atoms with E-state index in [2.05, 4.69) is 11.9 Å². The van der Waals surface area contributed by atoms with Gasteiger partial charge in [0.1, 0.15) is 0 Å². The molecule has 1 amide bonds. The second-order valence-electron chi connectivity index (χ2n) is 3.77. The van der Waals surface area contributed by atoms with E-state index in [1.165, 1.54) is 0 Å². The summed E-state index contributed by atoms with van der Waals surface area (Å²) in [6.07, 6.45) is 1.95. The number of fused-ring (bicyclic) bond motifs is 1. The van der Waals surface area contributed by atoms with E-state index in [1.807, 2.05) is 18.2 Å². The van der Waals surface area contributed by atoms with Gasteiger partial charge in [0.25, 0.3) is 0 Å². The quantitative estimate of drug-likeness (QED) is 0.861. The lowest BCUT2D eigenvalue weighted by molar-refractivity contribution is -0.120.